The third kappa shape index (κ3) is 5.76. The summed E-state index contributed by atoms with van der Waals surface area (Å²) in [4.78, 5) is 12.4. The van der Waals surface area contributed by atoms with E-state index in [-0.39, 0.29) is 17.3 Å². The molecule has 1 saturated carbocycles. The van der Waals surface area contributed by atoms with Gasteiger partial charge in [-0.3, -0.25) is 4.79 Å². The van der Waals surface area contributed by atoms with Crippen LogP contribution >= 0.6 is 0 Å². The Balaban J connectivity index is 1.82. The van der Waals surface area contributed by atoms with Crippen LogP contribution in [0.25, 0.3) is 0 Å². The Morgan fingerprint density at radius 1 is 1.12 bits per heavy atom. The largest absolute Gasteiger partial charge is 0.494 e. The van der Waals surface area contributed by atoms with E-state index in [0.717, 1.165) is 63.5 Å². The molecular formula is C22H31NO3. The number of nitrogens with zero attached hydrogens (tertiary/aromatic N) is 1. The smallest absolute Gasteiger partial charge is 0.314 e. The number of nitriles is 1. The zero-order chi connectivity index (χ0) is 18.8. The number of esters is 1. The van der Waals surface area contributed by atoms with Crippen molar-refractivity contribution in [3.63, 3.8) is 0 Å². The van der Waals surface area contributed by atoms with E-state index in [4.69, 9.17) is 9.47 Å². The molecule has 0 bridgehead atoms. The normalized spacial score (nSPS) is 22.4. The van der Waals surface area contributed by atoms with Crippen molar-refractivity contribution in [1.29, 1.82) is 5.26 Å². The standard InChI is InChI=1S/C22H31NO3/c1-3-5-13-22(17-23)14-11-18(12-15-22)21(24)26-20-9-7-19(8-10-20)25-16-6-4-2/h7-10,18H,3-6,11-16H2,1-2H3/t18-,22-. The number of benzene rings is 1. The van der Waals surface area contributed by atoms with Crippen LogP contribution in [0.1, 0.15) is 71.6 Å². The first kappa shape index (κ1) is 20.3. The molecule has 4 nitrogen and oxygen atoms in total. The first-order chi connectivity index (χ1) is 12.6. The van der Waals surface area contributed by atoms with Gasteiger partial charge in [-0.25, -0.2) is 0 Å². The van der Waals surface area contributed by atoms with E-state index in [0.29, 0.717) is 12.4 Å². The minimum atomic E-state index is -0.232. The van der Waals surface area contributed by atoms with Crippen molar-refractivity contribution in [2.45, 2.75) is 71.6 Å². The molecule has 0 aromatic heterocycles. The molecule has 2 rings (SSSR count). The van der Waals surface area contributed by atoms with Crippen LogP contribution in [0.3, 0.4) is 0 Å². The van der Waals surface area contributed by atoms with E-state index in [2.05, 4.69) is 19.9 Å². The van der Waals surface area contributed by atoms with Gasteiger partial charge in [0.1, 0.15) is 11.5 Å². The van der Waals surface area contributed by atoms with Crippen LogP contribution in [0, 0.1) is 22.7 Å². The molecule has 0 saturated heterocycles. The molecule has 4 heteroatoms. The van der Waals surface area contributed by atoms with E-state index < -0.39 is 0 Å². The highest BCUT2D eigenvalue weighted by Gasteiger charge is 2.37. The first-order valence-corrected chi connectivity index (χ1v) is 9.98. The molecule has 1 aliphatic carbocycles. The summed E-state index contributed by atoms with van der Waals surface area (Å²) in [5, 5.41) is 9.55. The minimum absolute atomic E-state index is 0.0985. The molecule has 26 heavy (non-hydrogen) atoms. The lowest BCUT2D eigenvalue weighted by Gasteiger charge is -2.34. The van der Waals surface area contributed by atoms with Crippen LogP contribution in [0.5, 0.6) is 11.5 Å². The van der Waals surface area contributed by atoms with Crippen LogP contribution in [0.15, 0.2) is 24.3 Å². The summed E-state index contributed by atoms with van der Waals surface area (Å²) in [6.07, 6.45) is 8.34. The monoisotopic (exact) mass is 357 g/mol. The summed E-state index contributed by atoms with van der Waals surface area (Å²) in [7, 11) is 0. The van der Waals surface area contributed by atoms with E-state index in [9.17, 15) is 10.1 Å². The van der Waals surface area contributed by atoms with Gasteiger partial charge in [0.15, 0.2) is 0 Å². The highest BCUT2D eigenvalue weighted by Crippen LogP contribution is 2.42. The minimum Gasteiger partial charge on any atom is -0.494 e. The van der Waals surface area contributed by atoms with Gasteiger partial charge in [0, 0.05) is 0 Å². The maximum absolute atomic E-state index is 12.4. The van der Waals surface area contributed by atoms with Gasteiger partial charge in [0.05, 0.1) is 24.0 Å². The Labute approximate surface area is 157 Å². The zero-order valence-electron chi connectivity index (χ0n) is 16.1. The molecule has 1 aromatic carbocycles. The Morgan fingerprint density at radius 2 is 1.73 bits per heavy atom. The van der Waals surface area contributed by atoms with E-state index in [1.807, 2.05) is 12.1 Å². The Kier molecular flexibility index (Phi) is 7.97. The summed E-state index contributed by atoms with van der Waals surface area (Å²) in [6.45, 7) is 4.98. The molecule has 0 spiro atoms. The van der Waals surface area contributed by atoms with E-state index in [1.165, 1.54) is 0 Å². The summed E-state index contributed by atoms with van der Waals surface area (Å²) < 4.78 is 11.2. The van der Waals surface area contributed by atoms with Crippen molar-refractivity contribution in [1.82, 2.24) is 0 Å². The summed E-state index contributed by atoms with van der Waals surface area (Å²) >= 11 is 0. The Bertz CT molecular complexity index is 595. The molecule has 1 aliphatic rings. The lowest BCUT2D eigenvalue weighted by Crippen LogP contribution is -2.31. The molecule has 0 amide bonds. The fourth-order valence-electron chi connectivity index (χ4n) is 3.48. The van der Waals surface area contributed by atoms with Crippen LogP contribution in [-0.2, 0) is 4.79 Å². The fraction of sp³-hybridized carbons (Fsp3) is 0.636. The predicted molar refractivity (Wildman–Crippen MR) is 102 cm³/mol. The van der Waals surface area contributed by atoms with Gasteiger partial charge in [-0.05, 0) is 62.8 Å². The second-order valence-electron chi connectivity index (χ2n) is 7.36. The number of carbonyl (C=O) groups is 1. The molecular weight excluding hydrogens is 326 g/mol. The second kappa shape index (κ2) is 10.2. The summed E-state index contributed by atoms with van der Waals surface area (Å²) in [6, 6.07) is 9.76. The van der Waals surface area contributed by atoms with Crippen molar-refractivity contribution in [3.8, 4) is 17.6 Å². The number of carbonyl (C=O) groups excluding carboxylic acids is 1. The van der Waals surface area contributed by atoms with Crippen LogP contribution in [-0.4, -0.2) is 12.6 Å². The van der Waals surface area contributed by atoms with Gasteiger partial charge in [0.25, 0.3) is 0 Å². The zero-order valence-corrected chi connectivity index (χ0v) is 16.1. The van der Waals surface area contributed by atoms with Gasteiger partial charge >= 0.3 is 5.97 Å². The number of unbranched alkanes of at least 4 members (excludes halogenated alkanes) is 2. The van der Waals surface area contributed by atoms with Gasteiger partial charge in [-0.1, -0.05) is 33.1 Å². The van der Waals surface area contributed by atoms with Crippen molar-refractivity contribution in [2.24, 2.45) is 11.3 Å². The van der Waals surface area contributed by atoms with Crippen molar-refractivity contribution in [3.05, 3.63) is 24.3 Å². The average molecular weight is 357 g/mol. The van der Waals surface area contributed by atoms with Crippen LogP contribution < -0.4 is 9.47 Å². The maximum atomic E-state index is 12.4. The van der Waals surface area contributed by atoms with Gasteiger partial charge < -0.3 is 9.47 Å². The topological polar surface area (TPSA) is 59.3 Å². The van der Waals surface area contributed by atoms with Gasteiger partial charge in [-0.2, -0.15) is 5.26 Å². The molecule has 0 atom stereocenters. The predicted octanol–water partition coefficient (Wildman–Crippen LogP) is 5.66. The maximum Gasteiger partial charge on any atom is 0.314 e. The number of hydrogen-bond acceptors (Lipinski definition) is 4. The number of hydrogen-bond donors (Lipinski definition) is 0. The van der Waals surface area contributed by atoms with Crippen molar-refractivity contribution >= 4 is 5.97 Å². The summed E-state index contributed by atoms with van der Waals surface area (Å²) in [5.74, 6) is 1.08. The summed E-state index contributed by atoms with van der Waals surface area (Å²) in [5.41, 5.74) is -0.232. The number of ether oxygens (including phenoxy) is 2. The van der Waals surface area contributed by atoms with Crippen molar-refractivity contribution in [2.75, 3.05) is 6.61 Å². The molecule has 142 valence electrons. The molecule has 0 radical (unpaired) electrons. The Hall–Kier alpha value is -2.02. The van der Waals surface area contributed by atoms with E-state index >= 15 is 0 Å². The van der Waals surface area contributed by atoms with Gasteiger partial charge in [0.2, 0.25) is 0 Å². The SMILES string of the molecule is CCCCOc1ccc(OC(=O)[C@H]2CC[C@@](C#N)(CCCC)CC2)cc1. The molecule has 1 fully saturated rings. The molecule has 0 heterocycles. The van der Waals surface area contributed by atoms with E-state index in [1.54, 1.807) is 12.1 Å². The van der Waals surface area contributed by atoms with Crippen molar-refractivity contribution < 1.29 is 14.3 Å². The van der Waals surface area contributed by atoms with Crippen LogP contribution in [0.4, 0.5) is 0 Å². The first-order valence-electron chi connectivity index (χ1n) is 9.98. The fourth-order valence-corrected chi connectivity index (χ4v) is 3.48. The Morgan fingerprint density at radius 3 is 2.31 bits per heavy atom. The molecule has 0 aliphatic heterocycles. The highest BCUT2D eigenvalue weighted by molar-refractivity contribution is 5.75. The lowest BCUT2D eigenvalue weighted by molar-refractivity contribution is -0.140. The van der Waals surface area contributed by atoms with Gasteiger partial charge in [-0.15, -0.1) is 0 Å². The number of rotatable bonds is 9. The van der Waals surface area contributed by atoms with Crippen LogP contribution in [0.2, 0.25) is 0 Å². The quantitative estimate of drug-likeness (QED) is 0.325. The highest BCUT2D eigenvalue weighted by atomic mass is 16.5. The molecule has 0 N–H and O–H groups in total. The average Bonchev–Trinajstić information content (AvgIpc) is 2.68. The lowest BCUT2D eigenvalue weighted by atomic mass is 9.69. The third-order valence-corrected chi connectivity index (χ3v) is 5.33. The second-order valence-corrected chi connectivity index (χ2v) is 7.36. The molecule has 1 aromatic rings. The molecule has 0 unspecified atom stereocenters. The third-order valence-electron chi connectivity index (χ3n) is 5.33.